The molecule has 2 aliphatic rings. The van der Waals surface area contributed by atoms with Crippen molar-refractivity contribution in [2.75, 3.05) is 73.4 Å². The van der Waals surface area contributed by atoms with Crippen LogP contribution in [0.2, 0.25) is 0 Å². The van der Waals surface area contributed by atoms with Gasteiger partial charge >= 0.3 is 18.5 Å². The second kappa shape index (κ2) is 29.0. The van der Waals surface area contributed by atoms with Gasteiger partial charge in [-0.2, -0.15) is 39.5 Å². The Morgan fingerprint density at radius 1 is 0.667 bits per heavy atom. The number of pyridine rings is 6. The second-order valence-electron chi connectivity index (χ2n) is 20.4. The van der Waals surface area contributed by atoms with Gasteiger partial charge in [-0.15, -0.1) is 0 Å². The Labute approximate surface area is 508 Å². The molecule has 6 aromatic heterocycles. The van der Waals surface area contributed by atoms with Crippen molar-refractivity contribution in [2.45, 2.75) is 76.6 Å². The fraction of sp³-hybridized carbons (Fsp3) is 0.350. The predicted molar refractivity (Wildman–Crippen MR) is 327 cm³/mol. The maximum atomic E-state index is 13.5. The molecule has 480 valence electrons. The first-order chi connectivity index (χ1) is 41.3. The summed E-state index contributed by atoms with van der Waals surface area (Å²) in [5, 5.41) is 6.41. The first kappa shape index (κ1) is 65.7. The number of alkyl halides is 9. The van der Waals surface area contributed by atoms with Gasteiger partial charge in [-0.1, -0.05) is 44.2 Å². The highest BCUT2D eigenvalue weighted by Crippen LogP contribution is 2.37. The minimum atomic E-state index is -4.76. The van der Waals surface area contributed by atoms with E-state index in [1.54, 1.807) is 0 Å². The number of nitrogen functional groups attached to an aromatic ring is 3. The molecule has 0 radical (unpaired) electrons. The standard InChI is InChI=1S/C22H22F3N5O.C20H22F3N3O3.C18H20F3N5O.9H2/c1-13(16(12-26)14-6-3-2-4-7-14)29-18-10-9-17(22(23,24)25)19(30-18)20(31)15-8-5-11-28-21(15)27;1-12(13-6-9-28-10-7-13)11-29-16-5-4-15(20(21,22)23)17(26-16)18(27)14-3-2-8-25-19(14)24;1-2-11-10-26(9-8-23-11)14-6-5-13(18(19,20)21)15(25-14)16(27)12-4-3-7-24-17(12)22;;;;;;;;;/h2-11,13,16H,12,26H2,1H3,(H2,27,28)(H,29,30);2-5,8,12-13H,6-7,9-11H2,1H3,(H2,24,25);3-7,11,23H,2,8-10H2,1H3,(H2,22,24);9*1H. The molecular weight excluding hydrogens is 1150 g/mol. The summed E-state index contributed by atoms with van der Waals surface area (Å²) in [7, 11) is 0. The predicted octanol–water partition coefficient (Wildman–Crippen LogP) is 12.3. The van der Waals surface area contributed by atoms with Crippen molar-refractivity contribution in [1.29, 1.82) is 0 Å². The van der Waals surface area contributed by atoms with Gasteiger partial charge in [0.15, 0.2) is 0 Å². The molecule has 18 nitrogen and oxygen atoms in total. The van der Waals surface area contributed by atoms with Crippen molar-refractivity contribution in [3.8, 4) is 5.88 Å². The number of nitrogens with zero attached hydrogens (tertiary/aromatic N) is 7. The van der Waals surface area contributed by atoms with Crippen molar-refractivity contribution < 1.29 is 76.2 Å². The van der Waals surface area contributed by atoms with E-state index in [0.717, 1.165) is 49.1 Å². The maximum absolute atomic E-state index is 13.5. The number of ether oxygens (including phenoxy) is 2. The Balaban J connectivity index is -0.00000129. The zero-order valence-corrected chi connectivity index (χ0v) is 47.4. The first-order valence-electron chi connectivity index (χ1n) is 27.5. The summed E-state index contributed by atoms with van der Waals surface area (Å²) >= 11 is 0. The largest absolute Gasteiger partial charge is 0.477 e. The SMILES string of the molecule is CC(COc1ccc(C(F)(F)F)c(C(=O)c2cccnc2N)n1)C1CCOCC1.CC(Nc1ccc(C(F)(F)F)c(C(=O)c2cccnc2N)n1)C(CN)c1ccccc1.CCC1CN(c2ccc(C(F)(F)F)c(C(=O)c3cccnc3N)n2)CCN1.[HH].[HH].[HH].[HH].[HH].[HH].[HH].[HH].[HH]. The van der Waals surface area contributed by atoms with E-state index in [1.165, 1.54) is 67.1 Å². The Hall–Kier alpha value is -8.82. The van der Waals surface area contributed by atoms with Gasteiger partial charge in [0.25, 0.3) is 0 Å². The van der Waals surface area contributed by atoms with Gasteiger partial charge in [0.2, 0.25) is 23.2 Å². The molecule has 0 saturated carbocycles. The van der Waals surface area contributed by atoms with E-state index in [4.69, 9.17) is 32.4 Å². The second-order valence-corrected chi connectivity index (χ2v) is 20.4. The minimum absolute atomic E-state index is 0. The summed E-state index contributed by atoms with van der Waals surface area (Å²) in [4.78, 5) is 63.5. The number of piperazine rings is 1. The number of aromatic nitrogens is 6. The van der Waals surface area contributed by atoms with Crippen molar-refractivity contribution in [3.05, 3.63) is 178 Å². The fourth-order valence-electron chi connectivity index (χ4n) is 9.71. The first-order valence-corrected chi connectivity index (χ1v) is 27.5. The van der Waals surface area contributed by atoms with Gasteiger partial charge in [0.1, 0.15) is 46.2 Å². The molecule has 10 N–H and O–H groups in total. The van der Waals surface area contributed by atoms with Crippen molar-refractivity contribution in [1.82, 2.24) is 35.2 Å². The lowest BCUT2D eigenvalue weighted by Gasteiger charge is -2.34. The molecule has 2 aliphatic heterocycles. The summed E-state index contributed by atoms with van der Waals surface area (Å²) in [5.74, 6) is -2.35. The molecule has 2 saturated heterocycles. The topological polar surface area (TPSA) is 278 Å². The Kier molecular flexibility index (Phi) is 21.9. The molecule has 8 heterocycles. The van der Waals surface area contributed by atoms with Crippen LogP contribution >= 0.6 is 0 Å². The molecule has 0 spiro atoms. The molecule has 1 aromatic carbocycles. The van der Waals surface area contributed by atoms with Gasteiger partial charge < -0.3 is 47.9 Å². The Morgan fingerprint density at radius 2 is 1.15 bits per heavy atom. The van der Waals surface area contributed by atoms with Crippen molar-refractivity contribution >= 4 is 46.4 Å². The molecule has 2 fully saturated rings. The van der Waals surface area contributed by atoms with Crippen molar-refractivity contribution in [3.63, 3.8) is 0 Å². The highest BCUT2D eigenvalue weighted by molar-refractivity contribution is 6.13. The number of hydrogen-bond donors (Lipinski definition) is 6. The lowest BCUT2D eigenvalue weighted by molar-refractivity contribution is -0.139. The molecule has 0 aliphatic carbocycles. The van der Waals surface area contributed by atoms with E-state index >= 15 is 0 Å². The zero-order chi connectivity index (χ0) is 63.2. The molecule has 27 heteroatoms. The lowest BCUT2D eigenvalue weighted by atomic mass is 9.88. The van der Waals surface area contributed by atoms with E-state index in [2.05, 4.69) is 40.5 Å². The highest BCUT2D eigenvalue weighted by Gasteiger charge is 2.40. The number of hydrogen-bond acceptors (Lipinski definition) is 18. The average Bonchev–Trinajstić information content (AvgIpc) is 0.803. The number of nitrogens with two attached hydrogens (primary N) is 4. The van der Waals surface area contributed by atoms with E-state index in [-0.39, 0.29) is 89.2 Å². The molecular formula is C60H82F9N13O5. The number of ketones is 3. The molecule has 0 bridgehead atoms. The van der Waals surface area contributed by atoms with Crippen LogP contribution in [-0.4, -0.2) is 105 Å². The number of nitrogens with one attached hydrogen (secondary N) is 2. The highest BCUT2D eigenvalue weighted by atomic mass is 19.4. The normalized spacial score (nSPS) is 15.8. The van der Waals surface area contributed by atoms with E-state index in [9.17, 15) is 53.9 Å². The molecule has 87 heavy (non-hydrogen) atoms. The minimum Gasteiger partial charge on any atom is -0.477 e. The number of benzene rings is 1. The number of carbonyl (C=O) groups excluding carboxylic acids is 3. The Bertz CT molecular complexity index is 3520. The quantitative estimate of drug-likeness (QED) is 0.0365. The molecule has 4 atom stereocenters. The smallest absolute Gasteiger partial charge is 0.418 e. The third-order valence-electron chi connectivity index (χ3n) is 14.6. The van der Waals surface area contributed by atoms with Gasteiger partial charge in [0.05, 0.1) is 40.0 Å². The molecule has 9 rings (SSSR count). The fourth-order valence-corrected chi connectivity index (χ4v) is 9.71. The monoisotopic (exact) mass is 1240 g/mol. The van der Waals surface area contributed by atoms with Crippen LogP contribution in [0.1, 0.15) is 129 Å². The van der Waals surface area contributed by atoms with Crippen LogP contribution in [0.15, 0.2) is 122 Å². The molecule has 7 aromatic rings. The van der Waals surface area contributed by atoms with E-state index in [1.807, 2.05) is 56.0 Å². The summed E-state index contributed by atoms with van der Waals surface area (Å²) in [6, 6.07) is 23.9. The summed E-state index contributed by atoms with van der Waals surface area (Å²) < 4.78 is 132. The number of anilines is 5. The van der Waals surface area contributed by atoms with Crippen LogP contribution in [0.4, 0.5) is 68.6 Å². The van der Waals surface area contributed by atoms with Gasteiger partial charge in [-0.05, 0) is 110 Å². The van der Waals surface area contributed by atoms with Crippen LogP contribution in [0.3, 0.4) is 0 Å². The third kappa shape index (κ3) is 17.0. The van der Waals surface area contributed by atoms with Crippen LogP contribution in [0.25, 0.3) is 0 Å². The van der Waals surface area contributed by atoms with Crippen LogP contribution < -0.4 is 43.2 Å². The third-order valence-corrected chi connectivity index (χ3v) is 14.6. The Morgan fingerprint density at radius 3 is 1.63 bits per heavy atom. The zero-order valence-electron chi connectivity index (χ0n) is 47.4. The summed E-state index contributed by atoms with van der Waals surface area (Å²) in [6.07, 6.45) is -7.44. The van der Waals surface area contributed by atoms with Gasteiger partial charge in [-0.3, -0.25) is 14.4 Å². The van der Waals surface area contributed by atoms with Gasteiger partial charge in [-0.25, -0.2) is 29.9 Å². The maximum Gasteiger partial charge on any atom is 0.418 e. The van der Waals surface area contributed by atoms with Crippen LogP contribution in [-0.2, 0) is 23.3 Å². The van der Waals surface area contributed by atoms with E-state index < -0.39 is 69.7 Å². The number of halogens is 9. The summed E-state index contributed by atoms with van der Waals surface area (Å²) in [5.41, 5.74) is 18.0. The number of rotatable bonds is 17. The van der Waals surface area contributed by atoms with Crippen molar-refractivity contribution in [2.24, 2.45) is 17.6 Å². The van der Waals surface area contributed by atoms with Gasteiger partial charge in [0, 0.05) is 94.9 Å². The molecule has 4 unspecified atom stereocenters. The van der Waals surface area contributed by atoms with Crippen LogP contribution in [0, 0.1) is 11.8 Å². The summed E-state index contributed by atoms with van der Waals surface area (Å²) in [6.45, 7) is 9.78. The number of carbonyl (C=O) groups is 3. The molecule has 0 amide bonds. The van der Waals surface area contributed by atoms with Crippen LogP contribution in [0.5, 0.6) is 5.88 Å². The lowest BCUT2D eigenvalue weighted by Crippen LogP contribution is -2.50. The average molecular weight is 1240 g/mol. The van der Waals surface area contributed by atoms with E-state index in [0.29, 0.717) is 51.1 Å².